The van der Waals surface area contributed by atoms with Gasteiger partial charge in [0.2, 0.25) is 0 Å². The van der Waals surface area contributed by atoms with Crippen molar-refractivity contribution in [2.75, 3.05) is 9.80 Å². The van der Waals surface area contributed by atoms with Gasteiger partial charge in [0.1, 0.15) is 0 Å². The molecule has 88 heavy (non-hydrogen) atoms. The van der Waals surface area contributed by atoms with Crippen LogP contribution in [-0.4, -0.2) is 0 Å². The van der Waals surface area contributed by atoms with E-state index in [1.165, 1.54) is 145 Å². The van der Waals surface area contributed by atoms with E-state index >= 15 is 0 Å². The first kappa shape index (κ1) is 56.1. The molecule has 3 unspecified atom stereocenters. The van der Waals surface area contributed by atoms with Gasteiger partial charge in [-0.05, 0) is 248 Å². The van der Waals surface area contributed by atoms with E-state index in [1.807, 2.05) is 0 Å². The second kappa shape index (κ2) is 22.8. The standard InChI is InChI=1S/C86H76N2/c1-9-77-61(6)76-42-40-74(87(81-44-36-70(48-57(81)2)64-28-18-12-19-29-64)83-46-38-72(50-59(83)4)68-34-22-32-66(52-68)62-24-14-10-15-25-62)54-79(76)86(77)56-85(7,8)78-43-41-75(55-80(78)86)88(82-45-37-71(49-58(82)3)65-30-20-13-21-31-65)84-47-39-73(51-60(84)5)69-35-23-33-67(53-69)63-26-16-11-17-27-63/h10-55,61,77H,9,56H2,1-8H3. The second-order valence-corrected chi connectivity index (χ2v) is 25.6. The summed E-state index contributed by atoms with van der Waals surface area (Å²) in [5.74, 6) is 0.737. The maximum absolute atomic E-state index is 2.63. The van der Waals surface area contributed by atoms with Crippen molar-refractivity contribution in [2.45, 2.75) is 85.0 Å². The molecule has 0 N–H and O–H groups in total. The molecular weight excluding hydrogens is 1060 g/mol. The minimum atomic E-state index is -0.255. The van der Waals surface area contributed by atoms with Crippen molar-refractivity contribution in [2.24, 2.45) is 5.92 Å². The van der Waals surface area contributed by atoms with Crippen LogP contribution in [0.15, 0.2) is 279 Å². The third kappa shape index (κ3) is 9.95. The van der Waals surface area contributed by atoms with Crippen LogP contribution in [0.5, 0.6) is 0 Å². The number of hydrogen-bond donors (Lipinski definition) is 0. The quantitative estimate of drug-likeness (QED) is 0.114. The lowest BCUT2D eigenvalue weighted by Crippen LogP contribution is -2.33. The molecule has 0 fully saturated rings. The second-order valence-electron chi connectivity index (χ2n) is 25.6. The van der Waals surface area contributed by atoms with Crippen molar-refractivity contribution in [1.29, 1.82) is 0 Å². The van der Waals surface area contributed by atoms with E-state index in [9.17, 15) is 0 Å². The summed E-state index contributed by atoms with van der Waals surface area (Å²) in [5.41, 5.74) is 32.1. The summed E-state index contributed by atoms with van der Waals surface area (Å²) in [7, 11) is 0. The van der Waals surface area contributed by atoms with Gasteiger partial charge in [0.15, 0.2) is 0 Å². The predicted molar refractivity (Wildman–Crippen MR) is 374 cm³/mol. The van der Waals surface area contributed by atoms with Gasteiger partial charge >= 0.3 is 0 Å². The van der Waals surface area contributed by atoms with Crippen molar-refractivity contribution in [3.63, 3.8) is 0 Å². The molecule has 0 bridgehead atoms. The van der Waals surface area contributed by atoms with E-state index < -0.39 is 0 Å². The Balaban J connectivity index is 0.923. The van der Waals surface area contributed by atoms with Crippen molar-refractivity contribution < 1.29 is 0 Å². The minimum absolute atomic E-state index is 0.0870. The lowest BCUT2D eigenvalue weighted by molar-refractivity contribution is 0.271. The molecule has 2 heteroatoms. The number of fused-ring (bicyclic) bond motifs is 4. The lowest BCUT2D eigenvalue weighted by Gasteiger charge is -2.38. The van der Waals surface area contributed by atoms with Gasteiger partial charge in [-0.15, -0.1) is 0 Å². The summed E-state index contributed by atoms with van der Waals surface area (Å²) in [5, 5.41) is 0. The highest BCUT2D eigenvalue weighted by Gasteiger charge is 2.58. The predicted octanol–water partition coefficient (Wildman–Crippen LogP) is 24.0. The molecule has 430 valence electrons. The summed E-state index contributed by atoms with van der Waals surface area (Å²) in [6.07, 6.45) is 2.09. The molecule has 1 spiro atoms. The summed E-state index contributed by atoms with van der Waals surface area (Å²) in [6.45, 7) is 19.1. The molecule has 14 rings (SSSR count). The van der Waals surface area contributed by atoms with Crippen LogP contribution in [0.4, 0.5) is 34.1 Å². The smallest absolute Gasteiger partial charge is 0.0491 e. The number of rotatable bonds is 13. The van der Waals surface area contributed by atoms with Gasteiger partial charge in [0, 0.05) is 39.5 Å². The molecule has 0 radical (unpaired) electrons. The van der Waals surface area contributed by atoms with Gasteiger partial charge in [-0.3, -0.25) is 0 Å². The van der Waals surface area contributed by atoms with E-state index in [1.54, 1.807) is 0 Å². The molecule has 2 aliphatic rings. The van der Waals surface area contributed by atoms with E-state index in [-0.39, 0.29) is 10.8 Å². The molecule has 12 aromatic carbocycles. The topological polar surface area (TPSA) is 6.48 Å². The molecule has 12 aromatic rings. The van der Waals surface area contributed by atoms with Gasteiger partial charge in [-0.25, -0.2) is 0 Å². The summed E-state index contributed by atoms with van der Waals surface area (Å²) >= 11 is 0. The molecule has 0 amide bonds. The van der Waals surface area contributed by atoms with Crippen molar-refractivity contribution >= 4 is 34.1 Å². The molecule has 0 heterocycles. The first-order valence-corrected chi connectivity index (χ1v) is 31.6. The SMILES string of the molecule is CCC1C(C)c2ccc(N(c3ccc(-c4ccccc4)cc3C)c3ccc(-c4cccc(-c5ccccc5)c4)cc3C)cc2C12CC(C)(C)c1ccc(N(c3ccc(-c4ccccc4)cc3C)c3ccc(-c4cccc(-c5ccccc5)c4)cc3C)cc12. The average molecular weight is 1140 g/mol. The summed E-state index contributed by atoms with van der Waals surface area (Å²) in [6, 6.07) is 104. The van der Waals surface area contributed by atoms with Crippen LogP contribution in [0.3, 0.4) is 0 Å². The number of benzene rings is 12. The Morgan fingerprint density at radius 2 is 0.636 bits per heavy atom. The Morgan fingerprint density at radius 1 is 0.318 bits per heavy atom. The van der Waals surface area contributed by atoms with Crippen LogP contribution >= 0.6 is 0 Å². The van der Waals surface area contributed by atoms with Gasteiger partial charge in [-0.2, -0.15) is 0 Å². The van der Waals surface area contributed by atoms with Gasteiger partial charge in [0.05, 0.1) is 0 Å². The largest absolute Gasteiger partial charge is 0.310 e. The van der Waals surface area contributed by atoms with E-state index in [4.69, 9.17) is 0 Å². The number of hydrogen-bond acceptors (Lipinski definition) is 2. The highest BCUT2D eigenvalue weighted by atomic mass is 15.2. The number of anilines is 6. The zero-order valence-electron chi connectivity index (χ0n) is 52.0. The maximum Gasteiger partial charge on any atom is 0.0491 e. The lowest BCUT2D eigenvalue weighted by atomic mass is 9.66. The van der Waals surface area contributed by atoms with Crippen molar-refractivity contribution in [3.05, 3.63) is 324 Å². The molecular formula is C86H76N2. The van der Waals surface area contributed by atoms with Crippen LogP contribution < -0.4 is 9.80 Å². The zero-order chi connectivity index (χ0) is 60.3. The minimum Gasteiger partial charge on any atom is -0.310 e. The first-order valence-electron chi connectivity index (χ1n) is 31.6. The molecule has 3 atom stereocenters. The van der Waals surface area contributed by atoms with Gasteiger partial charge in [-0.1, -0.05) is 228 Å². The molecule has 0 aliphatic heterocycles. The van der Waals surface area contributed by atoms with Gasteiger partial charge in [0.25, 0.3) is 0 Å². The van der Waals surface area contributed by atoms with Crippen LogP contribution in [0.25, 0.3) is 66.8 Å². The van der Waals surface area contributed by atoms with Crippen LogP contribution in [-0.2, 0) is 10.8 Å². The summed E-state index contributed by atoms with van der Waals surface area (Å²) < 4.78 is 0. The van der Waals surface area contributed by atoms with Crippen LogP contribution in [0.1, 0.15) is 91.0 Å². The fraction of sp³-hybridized carbons (Fsp3) is 0.163. The first-order chi connectivity index (χ1) is 42.9. The monoisotopic (exact) mass is 1140 g/mol. The Hall–Kier alpha value is -9.76. The van der Waals surface area contributed by atoms with Crippen LogP contribution in [0.2, 0.25) is 0 Å². The Bertz CT molecular complexity index is 4560. The van der Waals surface area contributed by atoms with E-state index in [0.717, 1.165) is 12.8 Å². The molecule has 2 nitrogen and oxygen atoms in total. The number of aryl methyl sites for hydroxylation is 4. The third-order valence-electron chi connectivity index (χ3n) is 19.7. The number of nitrogens with zero attached hydrogens (tertiary/aromatic N) is 2. The Morgan fingerprint density at radius 3 is 1.00 bits per heavy atom. The third-order valence-corrected chi connectivity index (χ3v) is 19.7. The normalized spacial score (nSPS) is 16.3. The summed E-state index contributed by atoms with van der Waals surface area (Å²) in [4.78, 5) is 5.13. The van der Waals surface area contributed by atoms with Crippen molar-refractivity contribution in [1.82, 2.24) is 0 Å². The molecule has 2 aliphatic carbocycles. The van der Waals surface area contributed by atoms with E-state index in [2.05, 4.69) is 344 Å². The fourth-order valence-electron chi connectivity index (χ4n) is 15.5. The molecule has 0 saturated carbocycles. The molecule has 0 aromatic heterocycles. The zero-order valence-corrected chi connectivity index (χ0v) is 52.0. The fourth-order valence-corrected chi connectivity index (χ4v) is 15.5. The van der Waals surface area contributed by atoms with Gasteiger partial charge < -0.3 is 9.80 Å². The average Bonchev–Trinajstić information content (AvgIpc) is 1.56. The Labute approximate surface area is 522 Å². The van der Waals surface area contributed by atoms with E-state index in [0.29, 0.717) is 11.8 Å². The van der Waals surface area contributed by atoms with Crippen molar-refractivity contribution in [3.8, 4) is 66.8 Å². The Kier molecular flexibility index (Phi) is 14.5. The highest BCUT2D eigenvalue weighted by molar-refractivity contribution is 5.88. The molecule has 0 saturated heterocycles. The van der Waals surface area contributed by atoms with Crippen LogP contribution in [0, 0.1) is 33.6 Å². The maximum atomic E-state index is 2.63. The highest BCUT2D eigenvalue weighted by Crippen LogP contribution is 2.66.